The molecule has 2 heterocycles. The van der Waals surface area contributed by atoms with Crippen molar-refractivity contribution in [3.05, 3.63) is 12.4 Å². The van der Waals surface area contributed by atoms with Gasteiger partial charge in [-0.1, -0.05) is 0 Å². The fourth-order valence-electron chi connectivity index (χ4n) is 1.81. The molecule has 0 amide bonds. The molecule has 0 spiro atoms. The van der Waals surface area contributed by atoms with Gasteiger partial charge in [-0.3, -0.25) is 0 Å². The molecule has 5 heteroatoms. The van der Waals surface area contributed by atoms with Crippen LogP contribution in [0.3, 0.4) is 0 Å². The number of nitrogens with zero attached hydrogens (tertiary/aromatic N) is 3. The lowest BCUT2D eigenvalue weighted by atomic mass is 10.4. The summed E-state index contributed by atoms with van der Waals surface area (Å²) in [6, 6.07) is 0. The molecule has 1 aliphatic rings. The van der Waals surface area contributed by atoms with Gasteiger partial charge in [-0.2, -0.15) is 0 Å². The maximum Gasteiger partial charge on any atom is 0.171 e. The van der Waals surface area contributed by atoms with Crippen LogP contribution >= 0.6 is 0 Å². The second-order valence-corrected chi connectivity index (χ2v) is 3.64. The fraction of sp³-hybridized carbons (Fsp3) is 0.600. The van der Waals surface area contributed by atoms with Gasteiger partial charge in [0.05, 0.1) is 0 Å². The van der Waals surface area contributed by atoms with Crippen LogP contribution < -0.4 is 16.0 Å². The number of hydrogen-bond acceptors (Lipinski definition) is 5. The Balaban J connectivity index is 2.13. The lowest BCUT2D eigenvalue weighted by Crippen LogP contribution is -2.22. The predicted octanol–water partition coefficient (Wildman–Crippen LogP) is 0.447. The molecular formula is C10H17N5. The van der Waals surface area contributed by atoms with E-state index in [2.05, 4.69) is 20.2 Å². The van der Waals surface area contributed by atoms with Crippen LogP contribution in [0.4, 0.5) is 11.6 Å². The minimum absolute atomic E-state index is 0.607. The average molecular weight is 207 g/mol. The molecule has 1 saturated heterocycles. The highest BCUT2D eigenvalue weighted by atomic mass is 15.2. The summed E-state index contributed by atoms with van der Waals surface area (Å²) in [5.74, 6) is 1.81. The first-order valence-corrected chi connectivity index (χ1v) is 5.41. The van der Waals surface area contributed by atoms with Gasteiger partial charge in [-0.25, -0.2) is 9.97 Å². The van der Waals surface area contributed by atoms with E-state index in [0.29, 0.717) is 6.54 Å². The van der Waals surface area contributed by atoms with Crippen LogP contribution in [-0.2, 0) is 0 Å². The summed E-state index contributed by atoms with van der Waals surface area (Å²) in [5.41, 5.74) is 5.46. The summed E-state index contributed by atoms with van der Waals surface area (Å²) in [4.78, 5) is 10.9. The molecule has 0 unspecified atom stereocenters. The fourth-order valence-corrected chi connectivity index (χ4v) is 1.81. The van der Waals surface area contributed by atoms with Gasteiger partial charge in [0, 0.05) is 38.6 Å². The number of aromatic nitrogens is 2. The van der Waals surface area contributed by atoms with Gasteiger partial charge in [0.1, 0.15) is 0 Å². The van der Waals surface area contributed by atoms with E-state index in [9.17, 15) is 0 Å². The van der Waals surface area contributed by atoms with Gasteiger partial charge in [0.25, 0.3) is 0 Å². The molecule has 0 aromatic carbocycles. The standard InChI is InChI=1S/C10H17N5/c11-3-4-12-9-10(14-6-5-13-9)15-7-1-2-8-15/h5-6H,1-4,7-8,11H2,(H,12,13). The van der Waals surface area contributed by atoms with E-state index in [0.717, 1.165) is 31.3 Å². The topological polar surface area (TPSA) is 67.1 Å². The van der Waals surface area contributed by atoms with Crippen molar-refractivity contribution in [2.45, 2.75) is 12.8 Å². The quantitative estimate of drug-likeness (QED) is 0.750. The van der Waals surface area contributed by atoms with Crippen LogP contribution in [-0.4, -0.2) is 36.1 Å². The summed E-state index contributed by atoms with van der Waals surface area (Å²) in [6.45, 7) is 3.50. The van der Waals surface area contributed by atoms with E-state index < -0.39 is 0 Å². The second kappa shape index (κ2) is 4.93. The molecule has 1 fully saturated rings. The minimum atomic E-state index is 0.607. The number of hydrogen-bond donors (Lipinski definition) is 2. The van der Waals surface area contributed by atoms with Crippen molar-refractivity contribution < 1.29 is 0 Å². The Bertz CT molecular complexity index is 308. The molecule has 5 nitrogen and oxygen atoms in total. The number of nitrogens with two attached hydrogens (primary N) is 1. The van der Waals surface area contributed by atoms with Crippen LogP contribution in [0, 0.1) is 0 Å². The van der Waals surface area contributed by atoms with Gasteiger partial charge in [-0.15, -0.1) is 0 Å². The Hall–Kier alpha value is -1.36. The highest BCUT2D eigenvalue weighted by Crippen LogP contribution is 2.23. The van der Waals surface area contributed by atoms with Crippen molar-refractivity contribution in [3.63, 3.8) is 0 Å². The molecule has 0 atom stereocenters. The Kier molecular flexibility index (Phi) is 3.34. The first-order valence-electron chi connectivity index (χ1n) is 5.41. The highest BCUT2D eigenvalue weighted by Gasteiger charge is 2.17. The first kappa shape index (κ1) is 10.2. The van der Waals surface area contributed by atoms with Crippen LogP contribution in [0.15, 0.2) is 12.4 Å². The van der Waals surface area contributed by atoms with Gasteiger partial charge in [0.15, 0.2) is 11.6 Å². The zero-order valence-electron chi connectivity index (χ0n) is 8.82. The summed E-state index contributed by atoms with van der Waals surface area (Å²) in [6.07, 6.45) is 5.93. The van der Waals surface area contributed by atoms with Gasteiger partial charge in [0.2, 0.25) is 0 Å². The molecule has 1 aliphatic heterocycles. The van der Waals surface area contributed by atoms with Crippen molar-refractivity contribution in [2.24, 2.45) is 5.73 Å². The number of rotatable bonds is 4. The molecule has 15 heavy (non-hydrogen) atoms. The van der Waals surface area contributed by atoms with Crippen molar-refractivity contribution >= 4 is 11.6 Å². The normalized spacial score (nSPS) is 15.7. The first-order chi connectivity index (χ1) is 7.42. The Morgan fingerprint density at radius 1 is 1.27 bits per heavy atom. The van der Waals surface area contributed by atoms with Gasteiger partial charge < -0.3 is 16.0 Å². The van der Waals surface area contributed by atoms with Crippen molar-refractivity contribution in [2.75, 3.05) is 36.4 Å². The Morgan fingerprint density at radius 2 is 2.00 bits per heavy atom. The second-order valence-electron chi connectivity index (χ2n) is 3.64. The van der Waals surface area contributed by atoms with Crippen molar-refractivity contribution in [1.29, 1.82) is 0 Å². The minimum Gasteiger partial charge on any atom is -0.366 e. The molecule has 0 radical (unpaired) electrons. The summed E-state index contributed by atoms with van der Waals surface area (Å²) < 4.78 is 0. The van der Waals surface area contributed by atoms with Crippen molar-refractivity contribution in [1.82, 2.24) is 9.97 Å². The monoisotopic (exact) mass is 207 g/mol. The molecular weight excluding hydrogens is 190 g/mol. The summed E-state index contributed by atoms with van der Waals surface area (Å²) in [5, 5.41) is 3.20. The molecule has 0 bridgehead atoms. The Labute approximate surface area is 89.7 Å². The van der Waals surface area contributed by atoms with Crippen LogP contribution in [0.25, 0.3) is 0 Å². The van der Waals surface area contributed by atoms with Crippen LogP contribution in [0.5, 0.6) is 0 Å². The van der Waals surface area contributed by atoms with Crippen LogP contribution in [0.2, 0.25) is 0 Å². The lowest BCUT2D eigenvalue weighted by Gasteiger charge is -2.19. The molecule has 2 rings (SSSR count). The molecule has 1 aromatic heterocycles. The maximum atomic E-state index is 5.46. The SMILES string of the molecule is NCCNc1nccnc1N1CCCC1. The number of nitrogens with one attached hydrogen (secondary N) is 1. The summed E-state index contributed by atoms with van der Waals surface area (Å²) in [7, 11) is 0. The van der Waals surface area contributed by atoms with Gasteiger partial charge >= 0.3 is 0 Å². The molecule has 3 N–H and O–H groups in total. The Morgan fingerprint density at radius 3 is 2.73 bits per heavy atom. The van der Waals surface area contributed by atoms with E-state index in [1.54, 1.807) is 12.4 Å². The smallest absolute Gasteiger partial charge is 0.171 e. The summed E-state index contributed by atoms with van der Waals surface area (Å²) >= 11 is 0. The van der Waals surface area contributed by atoms with E-state index in [1.165, 1.54) is 12.8 Å². The van der Waals surface area contributed by atoms with E-state index >= 15 is 0 Å². The average Bonchev–Trinajstić information content (AvgIpc) is 2.80. The van der Waals surface area contributed by atoms with E-state index in [1.807, 2.05) is 0 Å². The molecule has 82 valence electrons. The molecule has 0 aliphatic carbocycles. The van der Waals surface area contributed by atoms with Gasteiger partial charge in [-0.05, 0) is 12.8 Å². The maximum absolute atomic E-state index is 5.46. The largest absolute Gasteiger partial charge is 0.366 e. The zero-order valence-corrected chi connectivity index (χ0v) is 8.82. The third-order valence-electron chi connectivity index (χ3n) is 2.52. The van der Waals surface area contributed by atoms with Crippen molar-refractivity contribution in [3.8, 4) is 0 Å². The number of anilines is 2. The van der Waals surface area contributed by atoms with E-state index in [-0.39, 0.29) is 0 Å². The third kappa shape index (κ3) is 2.36. The molecule has 1 aromatic rings. The lowest BCUT2D eigenvalue weighted by molar-refractivity contribution is 0.918. The van der Waals surface area contributed by atoms with Crippen LogP contribution in [0.1, 0.15) is 12.8 Å². The molecule has 0 saturated carbocycles. The predicted molar refractivity (Wildman–Crippen MR) is 61.0 cm³/mol. The highest BCUT2D eigenvalue weighted by molar-refractivity contribution is 5.60. The van der Waals surface area contributed by atoms with E-state index in [4.69, 9.17) is 5.73 Å². The zero-order chi connectivity index (χ0) is 10.5. The third-order valence-corrected chi connectivity index (χ3v) is 2.52.